The van der Waals surface area contributed by atoms with Gasteiger partial charge in [0, 0.05) is 18.8 Å². The molecule has 1 N–H and O–H groups in total. The maximum atomic E-state index is 12.2. The summed E-state index contributed by atoms with van der Waals surface area (Å²) in [7, 11) is 0. The molecule has 0 spiro atoms. The Labute approximate surface area is 98.0 Å². The molecule has 0 radical (unpaired) electrons. The zero-order chi connectivity index (χ0) is 12.3. The molecule has 1 atom stereocenters. The van der Waals surface area contributed by atoms with Crippen LogP contribution in [0, 0.1) is 0 Å². The summed E-state index contributed by atoms with van der Waals surface area (Å²) in [5.41, 5.74) is 0.869. The van der Waals surface area contributed by atoms with Crippen LogP contribution in [0.2, 0.25) is 0 Å². The smallest absolute Gasteiger partial charge is 0.333 e. The maximum Gasteiger partial charge on any atom is 0.390 e. The summed E-state index contributed by atoms with van der Waals surface area (Å²) in [6.45, 7) is 0.881. The molecule has 3 nitrogen and oxygen atoms in total. The first-order chi connectivity index (χ1) is 8.06. The molecule has 1 saturated heterocycles. The van der Waals surface area contributed by atoms with Crippen LogP contribution in [-0.4, -0.2) is 22.3 Å². The summed E-state index contributed by atoms with van der Waals surface area (Å²) in [6, 6.07) is 0.152. The van der Waals surface area contributed by atoms with Crippen LogP contribution in [0.3, 0.4) is 0 Å². The number of imidazole rings is 1. The van der Waals surface area contributed by atoms with Gasteiger partial charge in [0.25, 0.3) is 0 Å². The number of nitrogens with zero attached hydrogens (tertiary/aromatic N) is 2. The second-order valence-electron chi connectivity index (χ2n) is 4.38. The van der Waals surface area contributed by atoms with Gasteiger partial charge in [0.15, 0.2) is 0 Å². The van der Waals surface area contributed by atoms with Gasteiger partial charge in [-0.2, -0.15) is 13.2 Å². The van der Waals surface area contributed by atoms with E-state index in [0.717, 1.165) is 31.5 Å². The molecule has 1 fully saturated rings. The summed E-state index contributed by atoms with van der Waals surface area (Å²) in [5, 5.41) is 3.32. The van der Waals surface area contributed by atoms with Crippen LogP contribution < -0.4 is 5.32 Å². The minimum atomic E-state index is -4.11. The molecule has 17 heavy (non-hydrogen) atoms. The van der Waals surface area contributed by atoms with Gasteiger partial charge < -0.3 is 9.88 Å². The Bertz CT molecular complexity index is 353. The summed E-state index contributed by atoms with van der Waals surface area (Å²) in [6.07, 6.45) is 1.45. The third-order valence-corrected chi connectivity index (χ3v) is 3.05. The highest BCUT2D eigenvalue weighted by Gasteiger charge is 2.27. The molecule has 0 bridgehead atoms. The van der Waals surface area contributed by atoms with Crippen molar-refractivity contribution in [2.45, 2.75) is 44.4 Å². The van der Waals surface area contributed by atoms with Crippen LogP contribution in [-0.2, 0) is 6.54 Å². The minimum absolute atomic E-state index is 0.0446. The van der Waals surface area contributed by atoms with Crippen LogP contribution in [0.15, 0.2) is 12.5 Å². The third-order valence-electron chi connectivity index (χ3n) is 3.05. The van der Waals surface area contributed by atoms with Crippen molar-refractivity contribution in [1.29, 1.82) is 0 Å². The lowest BCUT2D eigenvalue weighted by atomic mass is 10.0. The van der Waals surface area contributed by atoms with Crippen molar-refractivity contribution in [3.8, 4) is 0 Å². The third kappa shape index (κ3) is 3.46. The predicted molar refractivity (Wildman–Crippen MR) is 57.5 cm³/mol. The van der Waals surface area contributed by atoms with E-state index in [2.05, 4.69) is 10.3 Å². The fourth-order valence-corrected chi connectivity index (χ4v) is 2.16. The molecular formula is C11H16F3N3. The van der Waals surface area contributed by atoms with E-state index >= 15 is 0 Å². The Morgan fingerprint density at radius 3 is 2.88 bits per heavy atom. The van der Waals surface area contributed by atoms with E-state index in [0.29, 0.717) is 0 Å². The summed E-state index contributed by atoms with van der Waals surface area (Å²) >= 11 is 0. The van der Waals surface area contributed by atoms with E-state index in [1.165, 1.54) is 6.33 Å². The molecule has 1 aromatic rings. The Hall–Kier alpha value is -1.04. The Balaban J connectivity index is 2.00. The number of hydrogen-bond acceptors (Lipinski definition) is 2. The first-order valence-corrected chi connectivity index (χ1v) is 5.86. The van der Waals surface area contributed by atoms with E-state index in [-0.39, 0.29) is 12.6 Å². The van der Waals surface area contributed by atoms with E-state index < -0.39 is 12.6 Å². The van der Waals surface area contributed by atoms with Gasteiger partial charge in [-0.15, -0.1) is 0 Å². The summed E-state index contributed by atoms with van der Waals surface area (Å²) in [4.78, 5) is 3.95. The lowest BCUT2D eigenvalue weighted by Gasteiger charge is -2.24. The first kappa shape index (κ1) is 12.4. The number of aromatic nitrogens is 2. The van der Waals surface area contributed by atoms with Crippen LogP contribution >= 0.6 is 0 Å². The van der Waals surface area contributed by atoms with E-state index in [9.17, 15) is 13.2 Å². The highest BCUT2D eigenvalue weighted by atomic mass is 19.4. The monoisotopic (exact) mass is 247 g/mol. The lowest BCUT2D eigenvalue weighted by Crippen LogP contribution is -2.28. The van der Waals surface area contributed by atoms with Gasteiger partial charge in [-0.05, 0) is 19.4 Å². The van der Waals surface area contributed by atoms with E-state index in [4.69, 9.17) is 0 Å². The molecule has 1 aliphatic rings. The molecule has 1 aromatic heterocycles. The number of hydrogen-bond donors (Lipinski definition) is 1. The van der Waals surface area contributed by atoms with Gasteiger partial charge >= 0.3 is 6.18 Å². The molecule has 0 saturated carbocycles. The quantitative estimate of drug-likeness (QED) is 0.889. The van der Waals surface area contributed by atoms with Crippen molar-refractivity contribution in [1.82, 2.24) is 14.9 Å². The first-order valence-electron chi connectivity index (χ1n) is 5.86. The summed E-state index contributed by atoms with van der Waals surface area (Å²) < 4.78 is 38.1. The molecule has 6 heteroatoms. The zero-order valence-corrected chi connectivity index (χ0v) is 9.50. The van der Waals surface area contributed by atoms with Crippen molar-refractivity contribution in [3.63, 3.8) is 0 Å². The molecular weight excluding hydrogens is 231 g/mol. The van der Waals surface area contributed by atoms with Crippen molar-refractivity contribution in [2.75, 3.05) is 6.54 Å². The molecule has 0 aromatic carbocycles. The second-order valence-corrected chi connectivity index (χ2v) is 4.38. The number of aryl methyl sites for hydroxylation is 1. The Morgan fingerprint density at radius 1 is 1.41 bits per heavy atom. The van der Waals surface area contributed by atoms with Crippen molar-refractivity contribution in [3.05, 3.63) is 18.2 Å². The van der Waals surface area contributed by atoms with Crippen molar-refractivity contribution in [2.24, 2.45) is 0 Å². The number of rotatable bonds is 3. The molecule has 0 aliphatic carbocycles. The standard InChI is InChI=1S/C11H16F3N3/c12-11(13,14)4-6-17-8-15-7-10(17)9-3-1-2-5-16-9/h7-9,16H,1-6H2. The topological polar surface area (TPSA) is 29.9 Å². The Morgan fingerprint density at radius 2 is 2.24 bits per heavy atom. The average Bonchev–Trinajstić information content (AvgIpc) is 2.75. The normalized spacial score (nSPS) is 21.7. The van der Waals surface area contributed by atoms with E-state index in [1.54, 1.807) is 10.8 Å². The van der Waals surface area contributed by atoms with Gasteiger partial charge in [0.05, 0.1) is 18.4 Å². The van der Waals surface area contributed by atoms with Gasteiger partial charge in [-0.1, -0.05) is 6.42 Å². The average molecular weight is 247 g/mol. The van der Waals surface area contributed by atoms with Crippen LogP contribution in [0.1, 0.15) is 37.4 Å². The molecule has 0 amide bonds. The Kier molecular flexibility index (Phi) is 3.71. The summed E-state index contributed by atoms with van der Waals surface area (Å²) in [5.74, 6) is 0. The number of piperidine rings is 1. The van der Waals surface area contributed by atoms with Gasteiger partial charge in [-0.3, -0.25) is 0 Å². The maximum absolute atomic E-state index is 12.2. The second kappa shape index (κ2) is 5.08. The lowest BCUT2D eigenvalue weighted by molar-refractivity contribution is -0.136. The molecule has 1 aliphatic heterocycles. The fourth-order valence-electron chi connectivity index (χ4n) is 2.16. The van der Waals surface area contributed by atoms with E-state index in [1.807, 2.05) is 0 Å². The number of nitrogens with one attached hydrogen (secondary N) is 1. The van der Waals surface area contributed by atoms with Crippen LogP contribution in [0.5, 0.6) is 0 Å². The predicted octanol–water partition coefficient (Wildman–Crippen LogP) is 2.65. The highest BCUT2D eigenvalue weighted by molar-refractivity contribution is 5.06. The van der Waals surface area contributed by atoms with Crippen molar-refractivity contribution >= 4 is 0 Å². The highest BCUT2D eigenvalue weighted by Crippen LogP contribution is 2.25. The van der Waals surface area contributed by atoms with Gasteiger partial charge in [0.1, 0.15) is 0 Å². The van der Waals surface area contributed by atoms with Crippen LogP contribution in [0.25, 0.3) is 0 Å². The molecule has 2 heterocycles. The molecule has 2 rings (SSSR count). The molecule has 96 valence electrons. The van der Waals surface area contributed by atoms with Crippen molar-refractivity contribution < 1.29 is 13.2 Å². The molecule has 1 unspecified atom stereocenters. The zero-order valence-electron chi connectivity index (χ0n) is 9.50. The largest absolute Gasteiger partial charge is 0.390 e. The fraction of sp³-hybridized carbons (Fsp3) is 0.727. The van der Waals surface area contributed by atoms with Gasteiger partial charge in [-0.25, -0.2) is 4.98 Å². The number of alkyl halides is 3. The number of halogens is 3. The van der Waals surface area contributed by atoms with Gasteiger partial charge in [0.2, 0.25) is 0 Å². The SMILES string of the molecule is FC(F)(F)CCn1cncc1C1CCCCN1. The van der Waals surface area contributed by atoms with Crippen LogP contribution in [0.4, 0.5) is 13.2 Å². The minimum Gasteiger partial charge on any atom is -0.333 e.